The zero-order valence-electron chi connectivity index (χ0n) is 23.4. The maximum absolute atomic E-state index is 13.9. The lowest BCUT2D eigenvalue weighted by atomic mass is 9.94. The van der Waals surface area contributed by atoms with Gasteiger partial charge in [0.1, 0.15) is 24.4 Å². The Labute approximate surface area is 249 Å². The van der Waals surface area contributed by atoms with E-state index in [4.69, 9.17) is 23.7 Å². The number of carbonyl (C=O) groups is 2. The molecule has 0 radical (unpaired) electrons. The summed E-state index contributed by atoms with van der Waals surface area (Å²) in [6.45, 7) is 0.664. The Balaban J connectivity index is 1.26. The number of carbonyl (C=O) groups excluding carboxylic acids is 2. The second-order valence-corrected chi connectivity index (χ2v) is 10.8. The Morgan fingerprint density at radius 2 is 1.19 bits per heavy atom. The highest BCUT2D eigenvalue weighted by atomic mass is 16.7. The third-order valence-corrected chi connectivity index (χ3v) is 8.04. The topological polar surface area (TPSA) is 83.5 Å². The quantitative estimate of drug-likeness (QED) is 0.263. The van der Waals surface area contributed by atoms with Gasteiger partial charge in [-0.15, -0.1) is 0 Å². The molecule has 0 bridgehead atoms. The van der Waals surface area contributed by atoms with E-state index in [1.54, 1.807) is 24.3 Å². The first-order valence-corrected chi connectivity index (χ1v) is 14.4. The fraction of sp³-hybridized carbons (Fsp3) is 0.257. The molecule has 7 rings (SSSR count). The van der Waals surface area contributed by atoms with Crippen molar-refractivity contribution in [1.29, 1.82) is 0 Å². The van der Waals surface area contributed by atoms with Crippen LogP contribution >= 0.6 is 0 Å². The van der Waals surface area contributed by atoms with Crippen LogP contribution in [-0.4, -0.2) is 54.0 Å². The molecule has 0 aliphatic carbocycles. The van der Waals surface area contributed by atoms with Crippen LogP contribution in [0.2, 0.25) is 0 Å². The second kappa shape index (κ2) is 12.2. The molecule has 3 aliphatic heterocycles. The van der Waals surface area contributed by atoms with E-state index in [-0.39, 0.29) is 19.8 Å². The van der Waals surface area contributed by atoms with Crippen LogP contribution in [0.4, 0.5) is 0 Å². The SMILES string of the molecule is O=C1c2ccccc2C(=O)N1C1C(OCc2ccccc2)OC2COC(c3ccccc3)OC2C1OCc1ccccc1. The number of fused-ring (bicyclic) bond motifs is 2. The molecule has 3 heterocycles. The molecule has 8 heteroatoms. The van der Waals surface area contributed by atoms with Gasteiger partial charge in [0.2, 0.25) is 0 Å². The van der Waals surface area contributed by atoms with Gasteiger partial charge in [0, 0.05) is 5.56 Å². The van der Waals surface area contributed by atoms with Crippen molar-refractivity contribution in [1.82, 2.24) is 4.90 Å². The zero-order valence-corrected chi connectivity index (χ0v) is 23.4. The number of hydrogen-bond acceptors (Lipinski definition) is 7. The molecule has 8 nitrogen and oxygen atoms in total. The lowest BCUT2D eigenvalue weighted by Crippen LogP contribution is -2.68. The Hall–Kier alpha value is -4.18. The van der Waals surface area contributed by atoms with Crippen molar-refractivity contribution >= 4 is 11.8 Å². The van der Waals surface area contributed by atoms with Gasteiger partial charge >= 0.3 is 0 Å². The third-order valence-electron chi connectivity index (χ3n) is 8.04. The molecule has 2 fully saturated rings. The lowest BCUT2D eigenvalue weighted by Gasteiger charge is -2.50. The molecule has 0 N–H and O–H groups in total. The van der Waals surface area contributed by atoms with Gasteiger partial charge in [-0.3, -0.25) is 14.5 Å². The highest BCUT2D eigenvalue weighted by Crippen LogP contribution is 2.40. The Bertz CT molecular complexity index is 1530. The van der Waals surface area contributed by atoms with Crippen molar-refractivity contribution < 1.29 is 33.3 Å². The highest BCUT2D eigenvalue weighted by Gasteiger charge is 2.57. The van der Waals surface area contributed by atoms with E-state index in [0.717, 1.165) is 16.7 Å². The molecule has 218 valence electrons. The van der Waals surface area contributed by atoms with Crippen LogP contribution in [0.3, 0.4) is 0 Å². The average molecular weight is 578 g/mol. The van der Waals surface area contributed by atoms with Crippen LogP contribution in [0.25, 0.3) is 0 Å². The van der Waals surface area contributed by atoms with Crippen molar-refractivity contribution in [2.24, 2.45) is 0 Å². The molecule has 4 aromatic carbocycles. The normalized spacial score (nSPS) is 26.7. The van der Waals surface area contributed by atoms with Crippen molar-refractivity contribution in [3.05, 3.63) is 143 Å². The average Bonchev–Trinajstić information content (AvgIpc) is 3.32. The molecule has 4 aromatic rings. The van der Waals surface area contributed by atoms with Crippen molar-refractivity contribution in [3.8, 4) is 0 Å². The van der Waals surface area contributed by atoms with Gasteiger partial charge in [0.15, 0.2) is 12.6 Å². The van der Waals surface area contributed by atoms with Gasteiger partial charge in [-0.25, -0.2) is 0 Å². The minimum Gasteiger partial charge on any atom is -0.368 e. The number of imide groups is 1. The molecule has 0 saturated carbocycles. The molecule has 0 aromatic heterocycles. The maximum atomic E-state index is 13.9. The number of hydrogen-bond donors (Lipinski definition) is 0. The molecule has 3 aliphatic rings. The first kappa shape index (κ1) is 27.6. The van der Waals surface area contributed by atoms with Gasteiger partial charge in [0.05, 0.1) is 30.9 Å². The lowest BCUT2D eigenvalue weighted by molar-refractivity contribution is -0.355. The third kappa shape index (κ3) is 5.51. The van der Waals surface area contributed by atoms with E-state index in [2.05, 4.69) is 0 Å². The number of rotatable bonds is 8. The predicted molar refractivity (Wildman–Crippen MR) is 156 cm³/mol. The largest absolute Gasteiger partial charge is 0.368 e. The van der Waals surface area contributed by atoms with Gasteiger partial charge in [-0.1, -0.05) is 103 Å². The summed E-state index contributed by atoms with van der Waals surface area (Å²) in [5.41, 5.74) is 3.40. The summed E-state index contributed by atoms with van der Waals surface area (Å²) in [6.07, 6.45) is -3.66. The zero-order chi connectivity index (χ0) is 29.2. The predicted octanol–water partition coefficient (Wildman–Crippen LogP) is 5.29. The molecule has 2 saturated heterocycles. The van der Waals surface area contributed by atoms with E-state index in [0.29, 0.717) is 11.1 Å². The molecule has 43 heavy (non-hydrogen) atoms. The molecular formula is C35H31NO7. The first-order valence-electron chi connectivity index (χ1n) is 14.4. The summed E-state index contributed by atoms with van der Waals surface area (Å²) in [4.78, 5) is 29.0. The fourth-order valence-electron chi connectivity index (χ4n) is 5.94. The van der Waals surface area contributed by atoms with E-state index in [9.17, 15) is 9.59 Å². The van der Waals surface area contributed by atoms with Crippen LogP contribution in [0.15, 0.2) is 115 Å². The van der Waals surface area contributed by atoms with Crippen LogP contribution in [0.5, 0.6) is 0 Å². The van der Waals surface area contributed by atoms with E-state index in [1.807, 2.05) is 91.0 Å². The van der Waals surface area contributed by atoms with Crippen molar-refractivity contribution in [2.45, 2.75) is 50.1 Å². The standard InChI is InChI=1S/C35H31NO7/c37-32-26-18-10-11-19-27(26)33(38)36(32)29-31(39-20-23-12-4-1-5-13-23)30-28(22-41-34(43-30)25-16-8-3-9-17-25)42-35(29)40-21-24-14-6-2-7-15-24/h1-19,28-31,34-35H,20-22H2. The van der Waals surface area contributed by atoms with Crippen LogP contribution < -0.4 is 0 Å². The molecule has 6 unspecified atom stereocenters. The van der Waals surface area contributed by atoms with E-state index in [1.165, 1.54) is 4.90 Å². The van der Waals surface area contributed by atoms with Crippen LogP contribution in [0, 0.1) is 0 Å². The summed E-state index contributed by atoms with van der Waals surface area (Å²) in [5.74, 6) is -0.832. The molecule has 6 atom stereocenters. The molecular weight excluding hydrogens is 546 g/mol. The smallest absolute Gasteiger partial charge is 0.262 e. The van der Waals surface area contributed by atoms with Gasteiger partial charge in [-0.2, -0.15) is 0 Å². The number of nitrogens with zero attached hydrogens (tertiary/aromatic N) is 1. The maximum Gasteiger partial charge on any atom is 0.262 e. The Morgan fingerprint density at radius 3 is 1.79 bits per heavy atom. The monoisotopic (exact) mass is 577 g/mol. The van der Waals surface area contributed by atoms with Crippen molar-refractivity contribution in [2.75, 3.05) is 6.61 Å². The summed E-state index contributed by atoms with van der Waals surface area (Å²) in [6, 6.07) is 35.0. The highest BCUT2D eigenvalue weighted by molar-refractivity contribution is 6.21. The summed E-state index contributed by atoms with van der Waals surface area (Å²) in [5, 5.41) is 0. The van der Waals surface area contributed by atoms with Gasteiger partial charge < -0.3 is 23.7 Å². The Morgan fingerprint density at radius 1 is 0.651 bits per heavy atom. The van der Waals surface area contributed by atoms with Crippen LogP contribution in [-0.2, 0) is 36.9 Å². The first-order chi connectivity index (χ1) is 21.2. The fourth-order valence-corrected chi connectivity index (χ4v) is 5.94. The second-order valence-electron chi connectivity index (χ2n) is 10.8. The molecule has 0 spiro atoms. The van der Waals surface area contributed by atoms with Gasteiger partial charge in [0.25, 0.3) is 11.8 Å². The molecule has 2 amide bonds. The Kier molecular flexibility index (Phi) is 7.84. The van der Waals surface area contributed by atoms with E-state index >= 15 is 0 Å². The minimum atomic E-state index is -0.995. The summed E-state index contributed by atoms with van der Waals surface area (Å²) >= 11 is 0. The minimum absolute atomic E-state index is 0.211. The van der Waals surface area contributed by atoms with Crippen LogP contribution in [0.1, 0.15) is 43.7 Å². The number of ether oxygens (including phenoxy) is 5. The van der Waals surface area contributed by atoms with Gasteiger partial charge in [-0.05, 0) is 23.3 Å². The number of benzene rings is 4. The summed E-state index contributed by atoms with van der Waals surface area (Å²) < 4.78 is 32.2. The van der Waals surface area contributed by atoms with Crippen molar-refractivity contribution in [3.63, 3.8) is 0 Å². The summed E-state index contributed by atoms with van der Waals surface area (Å²) in [7, 11) is 0. The number of amides is 2. The van der Waals surface area contributed by atoms with E-state index < -0.39 is 48.7 Å².